The predicted octanol–water partition coefficient (Wildman–Crippen LogP) is 1.79. The summed E-state index contributed by atoms with van der Waals surface area (Å²) in [5, 5.41) is 0. The molecule has 0 aromatic heterocycles. The highest BCUT2D eigenvalue weighted by Crippen LogP contribution is 2.38. The van der Waals surface area contributed by atoms with Gasteiger partial charge in [0, 0.05) is 0 Å². The van der Waals surface area contributed by atoms with Gasteiger partial charge in [-0.3, -0.25) is 0 Å². The average Bonchev–Trinajstić information content (AvgIpc) is 2.61. The summed E-state index contributed by atoms with van der Waals surface area (Å²) in [5.74, 6) is 2.36. The van der Waals surface area contributed by atoms with Crippen LogP contribution in [0.3, 0.4) is 0 Å². The molecule has 1 fully saturated rings. The second-order valence-electron chi connectivity index (χ2n) is 3.47. The summed E-state index contributed by atoms with van der Waals surface area (Å²) in [6.07, 6.45) is 5.95. The summed E-state index contributed by atoms with van der Waals surface area (Å²) >= 11 is 0. The largest absolute Gasteiger partial charge is 0.330 e. The molecule has 3 atom stereocenters. The van der Waals surface area contributed by atoms with E-state index in [1.165, 1.54) is 6.42 Å². The van der Waals surface area contributed by atoms with Gasteiger partial charge in [0.05, 0.1) is 0 Å². The highest BCUT2D eigenvalue weighted by Gasteiger charge is 2.29. The van der Waals surface area contributed by atoms with Gasteiger partial charge in [0.1, 0.15) is 0 Å². The first-order valence-corrected chi connectivity index (χ1v) is 4.12. The predicted molar refractivity (Wildman–Crippen MR) is 44.6 cm³/mol. The van der Waals surface area contributed by atoms with Crippen molar-refractivity contribution in [3.63, 3.8) is 0 Å². The molecule has 0 aromatic rings. The Hall–Kier alpha value is -0.300. The van der Waals surface area contributed by atoms with Gasteiger partial charge in [0.2, 0.25) is 0 Å². The molecular formula is C9H17N. The van der Waals surface area contributed by atoms with E-state index >= 15 is 0 Å². The van der Waals surface area contributed by atoms with E-state index in [1.807, 2.05) is 0 Å². The molecule has 1 heteroatoms. The van der Waals surface area contributed by atoms with Crippen molar-refractivity contribution in [2.45, 2.75) is 20.3 Å². The van der Waals surface area contributed by atoms with Gasteiger partial charge in [0.25, 0.3) is 0 Å². The van der Waals surface area contributed by atoms with E-state index in [0.717, 1.165) is 18.4 Å². The lowest BCUT2D eigenvalue weighted by Crippen LogP contribution is -2.07. The van der Waals surface area contributed by atoms with Crippen molar-refractivity contribution in [3.8, 4) is 0 Å². The molecule has 0 bridgehead atoms. The maximum atomic E-state index is 5.46. The normalized spacial score (nSPS) is 34.7. The molecule has 58 valence electrons. The number of hydrogen-bond donors (Lipinski definition) is 1. The van der Waals surface area contributed by atoms with E-state index in [1.54, 1.807) is 0 Å². The molecule has 0 radical (unpaired) electrons. The van der Waals surface area contributed by atoms with E-state index in [-0.39, 0.29) is 0 Å². The van der Waals surface area contributed by atoms with Crippen molar-refractivity contribution < 1.29 is 0 Å². The average molecular weight is 139 g/mol. The van der Waals surface area contributed by atoms with Crippen LogP contribution in [0.5, 0.6) is 0 Å². The molecule has 0 saturated heterocycles. The zero-order valence-electron chi connectivity index (χ0n) is 6.88. The fourth-order valence-electron chi connectivity index (χ4n) is 1.03. The second-order valence-corrected chi connectivity index (χ2v) is 3.47. The molecule has 2 N–H and O–H groups in total. The zero-order chi connectivity index (χ0) is 7.56. The van der Waals surface area contributed by atoms with Crippen LogP contribution < -0.4 is 5.73 Å². The molecular weight excluding hydrogens is 122 g/mol. The fourth-order valence-corrected chi connectivity index (χ4v) is 1.03. The van der Waals surface area contributed by atoms with Crippen LogP contribution in [0.1, 0.15) is 20.3 Å². The molecule has 3 unspecified atom stereocenters. The Bertz CT molecular complexity index is 123. The highest BCUT2D eigenvalue weighted by atomic mass is 14.5. The van der Waals surface area contributed by atoms with Crippen molar-refractivity contribution in [1.29, 1.82) is 0 Å². The molecule has 1 nitrogen and oxygen atoms in total. The van der Waals surface area contributed by atoms with Crippen LogP contribution in [0, 0.1) is 17.8 Å². The number of rotatable bonds is 3. The summed E-state index contributed by atoms with van der Waals surface area (Å²) in [6, 6.07) is 0. The van der Waals surface area contributed by atoms with Gasteiger partial charge in [-0.25, -0.2) is 0 Å². The molecule has 0 amide bonds. The number of hydrogen-bond acceptors (Lipinski definition) is 1. The molecule has 1 saturated carbocycles. The summed E-state index contributed by atoms with van der Waals surface area (Å²) in [7, 11) is 0. The SMILES string of the molecule is CC(C=CC1CC1C)CN. The third kappa shape index (κ3) is 2.14. The standard InChI is InChI=1S/C9H17N/c1-7(6-10)3-4-9-5-8(9)2/h3-4,7-9H,5-6,10H2,1-2H3. The molecule has 10 heavy (non-hydrogen) atoms. The molecule has 0 aliphatic heterocycles. The number of allylic oxidation sites excluding steroid dienone is 1. The van der Waals surface area contributed by atoms with E-state index in [9.17, 15) is 0 Å². The number of nitrogens with two attached hydrogens (primary N) is 1. The van der Waals surface area contributed by atoms with Crippen LogP contribution in [-0.4, -0.2) is 6.54 Å². The molecule has 0 spiro atoms. The van der Waals surface area contributed by atoms with E-state index in [0.29, 0.717) is 5.92 Å². The fraction of sp³-hybridized carbons (Fsp3) is 0.778. The molecule has 1 aliphatic carbocycles. The van der Waals surface area contributed by atoms with Gasteiger partial charge < -0.3 is 5.73 Å². The van der Waals surface area contributed by atoms with Crippen LogP contribution in [0.4, 0.5) is 0 Å². The minimum Gasteiger partial charge on any atom is -0.330 e. The van der Waals surface area contributed by atoms with Crippen molar-refractivity contribution >= 4 is 0 Å². The third-order valence-electron chi connectivity index (χ3n) is 2.23. The van der Waals surface area contributed by atoms with Gasteiger partial charge in [0.15, 0.2) is 0 Å². The van der Waals surface area contributed by atoms with Gasteiger partial charge in [-0.1, -0.05) is 26.0 Å². The molecule has 1 aliphatic rings. The summed E-state index contributed by atoms with van der Waals surface area (Å²) in [4.78, 5) is 0. The lowest BCUT2D eigenvalue weighted by atomic mass is 10.1. The van der Waals surface area contributed by atoms with Crippen molar-refractivity contribution in [1.82, 2.24) is 0 Å². The lowest BCUT2D eigenvalue weighted by molar-refractivity contribution is 0.732. The Morgan fingerprint density at radius 3 is 2.70 bits per heavy atom. The van der Waals surface area contributed by atoms with Crippen LogP contribution in [0.15, 0.2) is 12.2 Å². The summed E-state index contributed by atoms with van der Waals surface area (Å²) in [6.45, 7) is 5.23. The maximum Gasteiger partial charge on any atom is -0.00168 e. The van der Waals surface area contributed by atoms with Gasteiger partial charge in [-0.05, 0) is 30.7 Å². The Morgan fingerprint density at radius 2 is 2.30 bits per heavy atom. The van der Waals surface area contributed by atoms with Crippen molar-refractivity contribution in [3.05, 3.63) is 12.2 Å². The Morgan fingerprint density at radius 1 is 1.70 bits per heavy atom. The monoisotopic (exact) mass is 139 g/mol. The van der Waals surface area contributed by atoms with E-state index < -0.39 is 0 Å². The highest BCUT2D eigenvalue weighted by molar-refractivity contribution is 5.01. The van der Waals surface area contributed by atoms with Crippen LogP contribution >= 0.6 is 0 Å². The molecule has 0 aromatic carbocycles. The minimum absolute atomic E-state index is 0.563. The minimum atomic E-state index is 0.563. The van der Waals surface area contributed by atoms with Crippen LogP contribution in [0.2, 0.25) is 0 Å². The quantitative estimate of drug-likeness (QED) is 0.593. The molecule has 0 heterocycles. The van der Waals surface area contributed by atoms with Gasteiger partial charge >= 0.3 is 0 Å². The zero-order valence-corrected chi connectivity index (χ0v) is 6.88. The lowest BCUT2D eigenvalue weighted by Gasteiger charge is -1.97. The third-order valence-corrected chi connectivity index (χ3v) is 2.23. The van der Waals surface area contributed by atoms with Crippen molar-refractivity contribution in [2.24, 2.45) is 23.5 Å². The Labute approximate surface area is 63.3 Å². The van der Waals surface area contributed by atoms with E-state index in [4.69, 9.17) is 5.73 Å². The topological polar surface area (TPSA) is 26.0 Å². The van der Waals surface area contributed by atoms with Gasteiger partial charge in [-0.15, -0.1) is 0 Å². The van der Waals surface area contributed by atoms with Gasteiger partial charge in [-0.2, -0.15) is 0 Å². The first kappa shape index (κ1) is 7.80. The van der Waals surface area contributed by atoms with Crippen molar-refractivity contribution in [2.75, 3.05) is 6.54 Å². The maximum absolute atomic E-state index is 5.46. The summed E-state index contributed by atoms with van der Waals surface area (Å²) in [5.41, 5.74) is 5.46. The Balaban J connectivity index is 2.17. The molecule has 1 rings (SSSR count). The van der Waals surface area contributed by atoms with E-state index in [2.05, 4.69) is 26.0 Å². The first-order chi connectivity index (χ1) is 4.74. The summed E-state index contributed by atoms with van der Waals surface area (Å²) < 4.78 is 0. The Kier molecular flexibility index (Phi) is 2.50. The smallest absolute Gasteiger partial charge is 0.00168 e. The van der Waals surface area contributed by atoms with Crippen LogP contribution in [0.25, 0.3) is 0 Å². The van der Waals surface area contributed by atoms with Crippen LogP contribution in [-0.2, 0) is 0 Å². The second kappa shape index (κ2) is 3.20. The first-order valence-electron chi connectivity index (χ1n) is 4.12.